The number of methoxy groups -OCH3 is 2. The summed E-state index contributed by atoms with van der Waals surface area (Å²) in [6, 6.07) is 10.4. The number of aromatic nitrogens is 5. The van der Waals surface area contributed by atoms with Crippen molar-refractivity contribution < 1.29 is 13.9 Å². The number of anilines is 1. The highest BCUT2D eigenvalue weighted by molar-refractivity contribution is 5.96. The number of halogens is 1. The molecule has 0 fully saturated rings. The van der Waals surface area contributed by atoms with Crippen molar-refractivity contribution in [3.05, 3.63) is 88.1 Å². The predicted molar refractivity (Wildman–Crippen MR) is 132 cm³/mol. The minimum Gasteiger partial charge on any atom is -0.493 e. The zero-order valence-corrected chi connectivity index (χ0v) is 20.1. The molecule has 0 spiro atoms. The van der Waals surface area contributed by atoms with E-state index in [1.54, 1.807) is 49.3 Å². The Morgan fingerprint density at radius 1 is 1.11 bits per heavy atom. The van der Waals surface area contributed by atoms with E-state index in [2.05, 4.69) is 25.4 Å². The van der Waals surface area contributed by atoms with Crippen LogP contribution in [0.5, 0.6) is 11.5 Å². The van der Waals surface area contributed by atoms with Crippen LogP contribution in [0.15, 0.2) is 59.7 Å². The molecule has 3 N–H and O–H groups in total. The number of aromatic amines is 1. The van der Waals surface area contributed by atoms with Gasteiger partial charge in [0.1, 0.15) is 17.7 Å². The van der Waals surface area contributed by atoms with Gasteiger partial charge in [0.25, 0.3) is 5.95 Å². The largest absolute Gasteiger partial charge is 0.493 e. The first-order chi connectivity index (χ1) is 17.3. The Balaban J connectivity index is 1.80. The molecule has 12 heteroatoms. The quantitative estimate of drug-likeness (QED) is 0.252. The van der Waals surface area contributed by atoms with Crippen LogP contribution in [0.3, 0.4) is 0 Å². The van der Waals surface area contributed by atoms with Gasteiger partial charge in [-0.1, -0.05) is 0 Å². The maximum Gasteiger partial charge on any atom is 0.350 e. The third kappa shape index (κ3) is 4.87. The van der Waals surface area contributed by atoms with Gasteiger partial charge in [0.05, 0.1) is 14.2 Å². The SMILES string of the molecule is COc1cc(F)c(C(Nc2ccc(C(=N)N(C)C)cc2)c2nn(-c3ncccn3)c(=O)[nH]2)cc1OC. The molecule has 0 aliphatic carbocycles. The van der Waals surface area contributed by atoms with Gasteiger partial charge in [-0.15, -0.1) is 9.78 Å². The van der Waals surface area contributed by atoms with E-state index in [-0.39, 0.29) is 23.1 Å². The Kier molecular flexibility index (Phi) is 6.95. The molecule has 2 aromatic heterocycles. The lowest BCUT2D eigenvalue weighted by atomic mass is 10.0. The minimum absolute atomic E-state index is 0.0723. The normalized spacial score (nSPS) is 11.6. The second-order valence-electron chi connectivity index (χ2n) is 7.90. The van der Waals surface area contributed by atoms with Gasteiger partial charge in [0.15, 0.2) is 17.3 Å². The van der Waals surface area contributed by atoms with Gasteiger partial charge in [0.2, 0.25) is 0 Å². The van der Waals surface area contributed by atoms with E-state index >= 15 is 4.39 Å². The van der Waals surface area contributed by atoms with Gasteiger partial charge in [-0.3, -0.25) is 10.4 Å². The average Bonchev–Trinajstić information content (AvgIpc) is 3.28. The zero-order chi connectivity index (χ0) is 25.8. The highest BCUT2D eigenvalue weighted by Crippen LogP contribution is 2.35. The number of hydrogen-bond acceptors (Lipinski definition) is 8. The number of amidine groups is 1. The van der Waals surface area contributed by atoms with Crippen molar-refractivity contribution in [2.45, 2.75) is 6.04 Å². The van der Waals surface area contributed by atoms with Crippen LogP contribution in [0.2, 0.25) is 0 Å². The lowest BCUT2D eigenvalue weighted by molar-refractivity contribution is 0.351. The molecule has 2 heterocycles. The fraction of sp³-hybridized carbons (Fsp3) is 0.208. The van der Waals surface area contributed by atoms with Crippen molar-refractivity contribution in [3.8, 4) is 17.4 Å². The van der Waals surface area contributed by atoms with Crippen molar-refractivity contribution in [3.63, 3.8) is 0 Å². The first-order valence-electron chi connectivity index (χ1n) is 10.8. The third-order valence-corrected chi connectivity index (χ3v) is 5.38. The van der Waals surface area contributed by atoms with Crippen LogP contribution in [0.4, 0.5) is 10.1 Å². The third-order valence-electron chi connectivity index (χ3n) is 5.38. The molecule has 1 unspecified atom stereocenters. The molecule has 11 nitrogen and oxygen atoms in total. The Labute approximate surface area is 206 Å². The number of nitrogens with one attached hydrogen (secondary N) is 3. The second-order valence-corrected chi connectivity index (χ2v) is 7.90. The summed E-state index contributed by atoms with van der Waals surface area (Å²) < 4.78 is 26.9. The Bertz CT molecular complexity index is 1420. The number of ether oxygens (including phenoxy) is 2. The van der Waals surface area contributed by atoms with Crippen LogP contribution < -0.4 is 20.5 Å². The summed E-state index contributed by atoms with van der Waals surface area (Å²) in [5.41, 5.74) is 0.889. The smallest absolute Gasteiger partial charge is 0.350 e. The topological polar surface area (TPSA) is 134 Å². The van der Waals surface area contributed by atoms with Gasteiger partial charge in [-0.2, -0.15) is 0 Å². The van der Waals surface area contributed by atoms with Crippen LogP contribution in [-0.2, 0) is 0 Å². The lowest BCUT2D eigenvalue weighted by Gasteiger charge is -2.21. The van der Waals surface area contributed by atoms with Crippen LogP contribution in [0, 0.1) is 11.2 Å². The first kappa shape index (κ1) is 24.4. The summed E-state index contributed by atoms with van der Waals surface area (Å²) in [6.07, 6.45) is 2.97. The van der Waals surface area contributed by atoms with Crippen molar-refractivity contribution in [2.24, 2.45) is 0 Å². The summed E-state index contributed by atoms with van der Waals surface area (Å²) in [5, 5.41) is 15.7. The van der Waals surface area contributed by atoms with Crippen LogP contribution in [0.1, 0.15) is 23.0 Å². The molecule has 0 bridgehead atoms. The lowest BCUT2D eigenvalue weighted by Crippen LogP contribution is -2.21. The zero-order valence-electron chi connectivity index (χ0n) is 20.1. The Hall–Kier alpha value is -4.74. The van der Waals surface area contributed by atoms with Crippen molar-refractivity contribution in [2.75, 3.05) is 33.6 Å². The minimum atomic E-state index is -0.929. The van der Waals surface area contributed by atoms with E-state index in [0.29, 0.717) is 22.8 Å². The molecule has 0 aliphatic heterocycles. The van der Waals surface area contributed by atoms with Gasteiger partial charge >= 0.3 is 5.69 Å². The molecule has 36 heavy (non-hydrogen) atoms. The molecular weight excluding hydrogens is 467 g/mol. The molecule has 0 saturated heterocycles. The maximum absolute atomic E-state index is 15.3. The van der Waals surface area contributed by atoms with E-state index < -0.39 is 17.5 Å². The number of hydrogen-bond donors (Lipinski definition) is 3. The summed E-state index contributed by atoms with van der Waals surface area (Å²) in [5.74, 6) is 0.480. The summed E-state index contributed by atoms with van der Waals surface area (Å²) in [6.45, 7) is 0. The maximum atomic E-state index is 15.3. The highest BCUT2D eigenvalue weighted by atomic mass is 19.1. The Morgan fingerprint density at radius 2 is 1.75 bits per heavy atom. The summed E-state index contributed by atoms with van der Waals surface area (Å²) in [7, 11) is 6.43. The standard InChI is InChI=1S/C24H25FN8O3/c1-32(2)21(26)14-6-8-15(9-7-14)29-20(16-12-18(35-3)19(36-4)13-17(16)25)22-30-24(34)33(31-22)23-27-10-5-11-28-23/h5-13,20,26,29H,1-4H3,(H,30,31,34). The molecular formula is C24H25FN8O3. The van der Waals surface area contributed by atoms with Gasteiger partial charge < -0.3 is 19.7 Å². The molecule has 0 aliphatic rings. The molecule has 186 valence electrons. The van der Waals surface area contributed by atoms with E-state index in [9.17, 15) is 4.79 Å². The predicted octanol–water partition coefficient (Wildman–Crippen LogP) is 2.60. The average molecular weight is 493 g/mol. The van der Waals surface area contributed by atoms with Gasteiger partial charge in [-0.05, 0) is 36.4 Å². The van der Waals surface area contributed by atoms with Crippen LogP contribution in [0.25, 0.3) is 5.95 Å². The van der Waals surface area contributed by atoms with Crippen molar-refractivity contribution >= 4 is 11.5 Å². The first-order valence-corrected chi connectivity index (χ1v) is 10.8. The number of benzene rings is 2. The monoisotopic (exact) mass is 492 g/mol. The summed E-state index contributed by atoms with van der Waals surface area (Å²) in [4.78, 5) is 25.2. The van der Waals surface area contributed by atoms with E-state index in [4.69, 9.17) is 14.9 Å². The van der Waals surface area contributed by atoms with E-state index in [0.717, 1.165) is 4.68 Å². The number of nitrogens with zero attached hydrogens (tertiary/aromatic N) is 5. The number of rotatable bonds is 8. The van der Waals surface area contributed by atoms with Gasteiger partial charge in [-0.25, -0.2) is 19.2 Å². The fourth-order valence-electron chi connectivity index (χ4n) is 3.54. The molecule has 4 aromatic rings. The highest BCUT2D eigenvalue weighted by Gasteiger charge is 2.26. The van der Waals surface area contributed by atoms with Crippen LogP contribution in [-0.4, -0.2) is 63.8 Å². The second kappa shape index (κ2) is 10.3. The summed E-state index contributed by atoms with van der Waals surface area (Å²) >= 11 is 0. The molecule has 2 aromatic carbocycles. The van der Waals surface area contributed by atoms with Crippen molar-refractivity contribution in [1.82, 2.24) is 29.6 Å². The molecule has 0 radical (unpaired) electrons. The Morgan fingerprint density at radius 3 is 2.36 bits per heavy atom. The molecule has 4 rings (SSSR count). The van der Waals surface area contributed by atoms with E-state index in [1.165, 1.54) is 38.7 Å². The fourth-order valence-corrected chi connectivity index (χ4v) is 3.54. The molecule has 0 amide bonds. The molecule has 0 saturated carbocycles. The van der Waals surface area contributed by atoms with Crippen molar-refractivity contribution in [1.29, 1.82) is 5.41 Å². The number of H-pyrrole nitrogens is 1. The van der Waals surface area contributed by atoms with E-state index in [1.807, 2.05) is 0 Å². The van der Waals surface area contributed by atoms with Gasteiger partial charge in [0, 0.05) is 49.4 Å². The van der Waals surface area contributed by atoms with Crippen LogP contribution >= 0.6 is 0 Å². The molecule has 1 atom stereocenters.